The molecule has 0 heterocycles. The fourth-order valence-corrected chi connectivity index (χ4v) is 4.10. The minimum atomic E-state index is 1.17. The summed E-state index contributed by atoms with van der Waals surface area (Å²) in [5.74, 6) is 4.74. The largest absolute Gasteiger partial charge is 0.0530 e. The molecule has 3 fully saturated rings. The lowest BCUT2D eigenvalue weighted by Crippen LogP contribution is -2.42. The van der Waals surface area contributed by atoms with Gasteiger partial charge in [0.25, 0.3) is 0 Å². The Bertz CT molecular complexity index is 171. The molecule has 4 atom stereocenters. The Morgan fingerprint density at radius 1 is 0.500 bits per heavy atom. The van der Waals surface area contributed by atoms with Gasteiger partial charge in [0, 0.05) is 0 Å². The van der Waals surface area contributed by atoms with Gasteiger partial charge in [-0.2, -0.15) is 0 Å². The van der Waals surface area contributed by atoms with Crippen molar-refractivity contribution in [3.05, 3.63) is 0 Å². The molecule has 0 N–H and O–H groups in total. The molecular weight excluding hydrogens is 144 g/mol. The van der Waals surface area contributed by atoms with Crippen molar-refractivity contribution < 1.29 is 0 Å². The molecule has 0 bridgehead atoms. The van der Waals surface area contributed by atoms with Crippen LogP contribution in [0.5, 0.6) is 0 Å². The lowest BCUT2D eigenvalue weighted by Gasteiger charge is -2.51. The van der Waals surface area contributed by atoms with Gasteiger partial charge in [-0.15, -0.1) is 0 Å². The Morgan fingerprint density at radius 2 is 1.08 bits per heavy atom. The minimum Gasteiger partial charge on any atom is -0.0530 e. The molecule has 0 aromatic rings. The van der Waals surface area contributed by atoms with E-state index in [1.165, 1.54) is 23.7 Å². The van der Waals surface area contributed by atoms with E-state index in [9.17, 15) is 0 Å². The molecule has 3 saturated carbocycles. The summed E-state index contributed by atoms with van der Waals surface area (Å²) in [5.41, 5.74) is 0. The fourth-order valence-electron chi connectivity index (χ4n) is 4.10. The van der Waals surface area contributed by atoms with Crippen LogP contribution in [0.25, 0.3) is 0 Å². The zero-order chi connectivity index (χ0) is 7.97. The summed E-state index contributed by atoms with van der Waals surface area (Å²) in [6, 6.07) is 0. The van der Waals surface area contributed by atoms with Crippen LogP contribution in [-0.2, 0) is 0 Å². The molecule has 0 amide bonds. The molecule has 0 heteroatoms. The quantitative estimate of drug-likeness (QED) is 0.513. The minimum absolute atomic E-state index is 1.17. The first-order valence-corrected chi connectivity index (χ1v) is 5.95. The van der Waals surface area contributed by atoms with E-state index in [1.54, 1.807) is 51.4 Å². The number of rotatable bonds is 0. The van der Waals surface area contributed by atoms with Crippen LogP contribution in [0.2, 0.25) is 0 Å². The third-order valence-corrected chi connectivity index (χ3v) is 4.90. The average Bonchev–Trinajstić information content (AvgIpc) is 2.05. The molecular formula is C12H20. The maximum Gasteiger partial charge on any atom is -0.0355 e. The molecule has 4 unspecified atom stereocenters. The van der Waals surface area contributed by atoms with Crippen LogP contribution < -0.4 is 0 Å². The summed E-state index contributed by atoms with van der Waals surface area (Å²) in [6.07, 6.45) is 12.6. The summed E-state index contributed by atoms with van der Waals surface area (Å²) in [4.78, 5) is 0. The third kappa shape index (κ3) is 0.963. The van der Waals surface area contributed by atoms with Crippen molar-refractivity contribution in [2.45, 2.75) is 51.4 Å². The molecule has 0 aromatic heterocycles. The van der Waals surface area contributed by atoms with Gasteiger partial charge in [-0.25, -0.2) is 0 Å². The van der Waals surface area contributed by atoms with Crippen LogP contribution >= 0.6 is 0 Å². The maximum absolute atomic E-state index is 1.59. The molecule has 0 radical (unpaired) electrons. The normalized spacial score (nSPS) is 52.0. The Morgan fingerprint density at radius 3 is 1.83 bits per heavy atom. The molecule has 0 saturated heterocycles. The van der Waals surface area contributed by atoms with Gasteiger partial charge in [-0.3, -0.25) is 0 Å². The summed E-state index contributed by atoms with van der Waals surface area (Å²) >= 11 is 0. The first kappa shape index (κ1) is 7.41. The van der Waals surface area contributed by atoms with Crippen LogP contribution in [0, 0.1) is 23.7 Å². The van der Waals surface area contributed by atoms with E-state index in [1.807, 2.05) is 0 Å². The molecule has 0 aromatic carbocycles. The van der Waals surface area contributed by atoms with Gasteiger partial charge in [0.1, 0.15) is 0 Å². The van der Waals surface area contributed by atoms with Gasteiger partial charge < -0.3 is 0 Å². The molecule has 0 spiro atoms. The third-order valence-electron chi connectivity index (χ3n) is 4.90. The van der Waals surface area contributed by atoms with Crippen molar-refractivity contribution in [1.82, 2.24) is 0 Å². The van der Waals surface area contributed by atoms with Gasteiger partial charge in [-0.05, 0) is 55.8 Å². The topological polar surface area (TPSA) is 0 Å². The first-order valence-electron chi connectivity index (χ1n) is 5.95. The summed E-state index contributed by atoms with van der Waals surface area (Å²) in [7, 11) is 0. The highest BCUT2D eigenvalue weighted by atomic mass is 14.5. The van der Waals surface area contributed by atoms with E-state index < -0.39 is 0 Å². The van der Waals surface area contributed by atoms with E-state index in [2.05, 4.69) is 0 Å². The van der Waals surface area contributed by atoms with Crippen LogP contribution in [0.1, 0.15) is 51.4 Å². The molecule has 3 aliphatic rings. The molecule has 68 valence electrons. The lowest BCUT2D eigenvalue weighted by molar-refractivity contribution is -0.0111. The van der Waals surface area contributed by atoms with E-state index in [-0.39, 0.29) is 0 Å². The summed E-state index contributed by atoms with van der Waals surface area (Å²) < 4.78 is 0. The standard InChI is InChI=1S/C12H20/c1-2-4-11-9(3-1)5-6-10-7-8-12(10)11/h9-12H,1-8H2. The highest BCUT2D eigenvalue weighted by Crippen LogP contribution is 2.54. The predicted molar refractivity (Wildman–Crippen MR) is 50.9 cm³/mol. The Balaban J connectivity index is 1.75. The number of hydrogen-bond donors (Lipinski definition) is 0. The van der Waals surface area contributed by atoms with Gasteiger partial charge in [-0.1, -0.05) is 19.3 Å². The zero-order valence-electron chi connectivity index (χ0n) is 7.97. The van der Waals surface area contributed by atoms with Gasteiger partial charge in [0.15, 0.2) is 0 Å². The highest BCUT2D eigenvalue weighted by Gasteiger charge is 2.44. The second kappa shape index (κ2) is 2.75. The molecule has 0 nitrogen and oxygen atoms in total. The molecule has 12 heavy (non-hydrogen) atoms. The fraction of sp³-hybridized carbons (Fsp3) is 1.00. The molecule has 3 aliphatic carbocycles. The van der Waals surface area contributed by atoms with E-state index in [0.717, 1.165) is 0 Å². The molecule has 0 aliphatic heterocycles. The van der Waals surface area contributed by atoms with Crippen molar-refractivity contribution in [2.75, 3.05) is 0 Å². The Hall–Kier alpha value is 0. The lowest BCUT2D eigenvalue weighted by atomic mass is 9.54. The van der Waals surface area contributed by atoms with Crippen molar-refractivity contribution in [1.29, 1.82) is 0 Å². The van der Waals surface area contributed by atoms with Crippen molar-refractivity contribution >= 4 is 0 Å². The summed E-state index contributed by atoms with van der Waals surface area (Å²) in [6.45, 7) is 0. The maximum atomic E-state index is 1.59. The average molecular weight is 164 g/mol. The van der Waals surface area contributed by atoms with Crippen LogP contribution in [-0.4, -0.2) is 0 Å². The van der Waals surface area contributed by atoms with Crippen molar-refractivity contribution in [3.63, 3.8) is 0 Å². The number of fused-ring (bicyclic) bond motifs is 3. The smallest absolute Gasteiger partial charge is 0.0355 e. The summed E-state index contributed by atoms with van der Waals surface area (Å²) in [5, 5.41) is 0. The van der Waals surface area contributed by atoms with E-state index in [0.29, 0.717) is 0 Å². The predicted octanol–water partition coefficient (Wildman–Crippen LogP) is 3.61. The molecule has 3 rings (SSSR count). The monoisotopic (exact) mass is 164 g/mol. The van der Waals surface area contributed by atoms with E-state index in [4.69, 9.17) is 0 Å². The zero-order valence-corrected chi connectivity index (χ0v) is 7.97. The van der Waals surface area contributed by atoms with E-state index >= 15 is 0 Å². The van der Waals surface area contributed by atoms with Crippen molar-refractivity contribution in [2.24, 2.45) is 23.7 Å². The van der Waals surface area contributed by atoms with Crippen LogP contribution in [0.4, 0.5) is 0 Å². The van der Waals surface area contributed by atoms with Gasteiger partial charge in [0.2, 0.25) is 0 Å². The SMILES string of the molecule is C1CCC2C(C1)CCC1CCC12. The Kier molecular flexibility index (Phi) is 1.70. The van der Waals surface area contributed by atoms with Crippen molar-refractivity contribution in [3.8, 4) is 0 Å². The van der Waals surface area contributed by atoms with Crippen LogP contribution in [0.3, 0.4) is 0 Å². The van der Waals surface area contributed by atoms with Gasteiger partial charge in [0.05, 0.1) is 0 Å². The second-order valence-corrected chi connectivity index (χ2v) is 5.29. The number of hydrogen-bond acceptors (Lipinski definition) is 0. The highest BCUT2D eigenvalue weighted by molar-refractivity contribution is 4.94. The first-order chi connectivity index (χ1) is 5.95. The second-order valence-electron chi connectivity index (χ2n) is 5.29. The van der Waals surface area contributed by atoms with Crippen LogP contribution in [0.15, 0.2) is 0 Å². The van der Waals surface area contributed by atoms with Gasteiger partial charge >= 0.3 is 0 Å². The Labute approximate surface area is 75.7 Å².